The van der Waals surface area contributed by atoms with E-state index in [2.05, 4.69) is 6.92 Å². The van der Waals surface area contributed by atoms with Gasteiger partial charge in [-0.05, 0) is 61.4 Å². The first-order valence-corrected chi connectivity index (χ1v) is 10.3. The van der Waals surface area contributed by atoms with Crippen molar-refractivity contribution >= 4 is 34.2 Å². The molecule has 0 spiro atoms. The van der Waals surface area contributed by atoms with E-state index in [1.54, 1.807) is 35.9 Å². The van der Waals surface area contributed by atoms with Crippen LogP contribution in [0.3, 0.4) is 0 Å². The Morgan fingerprint density at radius 2 is 1.79 bits per heavy atom. The highest BCUT2D eigenvalue weighted by molar-refractivity contribution is 6.30. The van der Waals surface area contributed by atoms with Crippen LogP contribution in [-0.2, 0) is 11.2 Å². The number of hydrogen-bond donors (Lipinski definition) is 0. The predicted octanol–water partition coefficient (Wildman–Crippen LogP) is 5.99. The molecule has 0 bridgehead atoms. The minimum Gasteiger partial charge on any atom is -0.497 e. The maximum atomic E-state index is 13.3. The fraction of sp³-hybridized carbons (Fsp3) is 0.333. The van der Waals surface area contributed by atoms with Gasteiger partial charge in [-0.3, -0.25) is 14.2 Å². The predicted molar refractivity (Wildman–Crippen MR) is 117 cm³/mol. The number of benzene rings is 2. The number of ether oxygens (including phenoxy) is 1. The number of fused-ring (bicyclic) bond motifs is 1. The lowest BCUT2D eigenvalue weighted by Crippen LogP contribution is -2.14. The van der Waals surface area contributed by atoms with Gasteiger partial charge in [-0.15, -0.1) is 0 Å². The van der Waals surface area contributed by atoms with E-state index in [0.717, 1.165) is 41.4 Å². The number of hydrogen-bond acceptors (Lipinski definition) is 3. The second-order valence-electron chi connectivity index (χ2n) is 7.27. The first-order valence-electron chi connectivity index (χ1n) is 9.96. The van der Waals surface area contributed by atoms with Crippen molar-refractivity contribution in [1.29, 1.82) is 0 Å². The Morgan fingerprint density at radius 1 is 1.07 bits per heavy atom. The number of nitrogens with zero attached hydrogens (tertiary/aromatic N) is 1. The smallest absolute Gasteiger partial charge is 0.262 e. The summed E-state index contributed by atoms with van der Waals surface area (Å²) in [5.41, 5.74) is 3.01. The Morgan fingerprint density at radius 3 is 2.45 bits per heavy atom. The summed E-state index contributed by atoms with van der Waals surface area (Å²) in [6.07, 6.45) is 3.92. The average Bonchev–Trinajstić information content (AvgIpc) is 2.99. The second kappa shape index (κ2) is 9.27. The van der Waals surface area contributed by atoms with Gasteiger partial charge in [-0.25, -0.2) is 0 Å². The zero-order valence-electron chi connectivity index (χ0n) is 17.1. The monoisotopic (exact) mass is 411 g/mol. The van der Waals surface area contributed by atoms with Gasteiger partial charge in [-0.1, -0.05) is 31.4 Å². The number of carbonyl (C=O) groups excluding carboxylic acids is 2. The molecule has 0 aliphatic heterocycles. The van der Waals surface area contributed by atoms with Crippen molar-refractivity contribution in [3.05, 3.63) is 64.3 Å². The van der Waals surface area contributed by atoms with E-state index in [1.807, 2.05) is 25.1 Å². The third-order valence-electron chi connectivity index (χ3n) is 5.27. The molecule has 3 rings (SSSR count). The number of aromatic nitrogens is 1. The van der Waals surface area contributed by atoms with Crippen LogP contribution in [0.25, 0.3) is 10.9 Å². The van der Waals surface area contributed by atoms with Gasteiger partial charge in [0.1, 0.15) is 11.5 Å². The molecule has 4 nitrogen and oxygen atoms in total. The van der Waals surface area contributed by atoms with E-state index < -0.39 is 0 Å². The third kappa shape index (κ3) is 4.54. The van der Waals surface area contributed by atoms with Crippen molar-refractivity contribution in [3.63, 3.8) is 0 Å². The van der Waals surface area contributed by atoms with Crippen LogP contribution in [0.2, 0.25) is 5.02 Å². The Hall–Kier alpha value is -2.59. The molecule has 3 aromatic rings. The zero-order chi connectivity index (χ0) is 21.0. The fourth-order valence-electron chi connectivity index (χ4n) is 3.65. The van der Waals surface area contributed by atoms with Crippen molar-refractivity contribution in [2.75, 3.05) is 7.11 Å². The molecule has 29 heavy (non-hydrogen) atoms. The molecule has 0 N–H and O–H groups in total. The summed E-state index contributed by atoms with van der Waals surface area (Å²) in [6, 6.07) is 12.5. The molecule has 0 radical (unpaired) electrons. The third-order valence-corrected chi connectivity index (χ3v) is 5.52. The van der Waals surface area contributed by atoms with Crippen LogP contribution < -0.4 is 4.74 Å². The molecule has 0 fully saturated rings. The van der Waals surface area contributed by atoms with Gasteiger partial charge in [0, 0.05) is 34.5 Å². The first kappa shape index (κ1) is 21.1. The molecule has 1 aromatic heterocycles. The maximum Gasteiger partial charge on any atom is 0.262 e. The molecule has 0 amide bonds. The molecule has 1 heterocycles. The van der Waals surface area contributed by atoms with Crippen LogP contribution in [0, 0.1) is 6.92 Å². The van der Waals surface area contributed by atoms with Crippen molar-refractivity contribution in [2.45, 2.75) is 46.0 Å². The lowest BCUT2D eigenvalue weighted by molar-refractivity contribution is -0.118. The molecule has 0 aliphatic carbocycles. The summed E-state index contributed by atoms with van der Waals surface area (Å²) in [5, 5.41) is 1.46. The van der Waals surface area contributed by atoms with E-state index >= 15 is 0 Å². The molecular formula is C24H26ClNO3. The second-order valence-corrected chi connectivity index (χ2v) is 7.70. The summed E-state index contributed by atoms with van der Waals surface area (Å²) in [5.74, 6) is 0.759. The molecular weight excluding hydrogens is 386 g/mol. The zero-order valence-corrected chi connectivity index (χ0v) is 17.9. The quantitative estimate of drug-likeness (QED) is 0.427. The Balaban J connectivity index is 2.06. The Labute approximate surface area is 176 Å². The van der Waals surface area contributed by atoms with Crippen molar-refractivity contribution in [3.8, 4) is 5.75 Å². The van der Waals surface area contributed by atoms with E-state index in [-0.39, 0.29) is 11.7 Å². The number of unbranched alkanes of at least 4 members (excludes halogenated alkanes) is 2. The largest absolute Gasteiger partial charge is 0.497 e. The van der Waals surface area contributed by atoms with Gasteiger partial charge in [0.2, 0.25) is 0 Å². The van der Waals surface area contributed by atoms with Crippen molar-refractivity contribution in [1.82, 2.24) is 4.57 Å². The van der Waals surface area contributed by atoms with Gasteiger partial charge >= 0.3 is 0 Å². The summed E-state index contributed by atoms with van der Waals surface area (Å²) < 4.78 is 7.06. The molecule has 2 aromatic carbocycles. The normalized spacial score (nSPS) is 11.0. The number of methoxy groups -OCH3 is 1. The van der Waals surface area contributed by atoms with Crippen LogP contribution in [0.1, 0.15) is 54.2 Å². The maximum absolute atomic E-state index is 13.3. The van der Waals surface area contributed by atoms with Gasteiger partial charge in [0.15, 0.2) is 0 Å². The van der Waals surface area contributed by atoms with Gasteiger partial charge in [-0.2, -0.15) is 0 Å². The SMILES string of the molecule is CCCCCC(=O)Cc1c(C)n(C(=O)c2ccc(Cl)cc2)c2ccc(OC)cc12. The van der Waals surface area contributed by atoms with Crippen molar-refractivity contribution in [2.24, 2.45) is 0 Å². The minimum absolute atomic E-state index is 0.140. The topological polar surface area (TPSA) is 48.3 Å². The van der Waals surface area contributed by atoms with Crippen LogP contribution in [0.5, 0.6) is 5.75 Å². The molecule has 0 saturated heterocycles. The van der Waals surface area contributed by atoms with E-state index in [0.29, 0.717) is 29.2 Å². The molecule has 5 heteroatoms. The molecule has 0 atom stereocenters. The lowest BCUT2D eigenvalue weighted by atomic mass is 10.0. The van der Waals surface area contributed by atoms with Crippen LogP contribution >= 0.6 is 11.6 Å². The number of ketones is 1. The minimum atomic E-state index is -0.140. The van der Waals surface area contributed by atoms with E-state index in [1.165, 1.54) is 0 Å². The summed E-state index contributed by atoms with van der Waals surface area (Å²) >= 11 is 5.97. The molecule has 152 valence electrons. The molecule has 0 saturated carbocycles. The summed E-state index contributed by atoms with van der Waals surface area (Å²) in [4.78, 5) is 25.8. The highest BCUT2D eigenvalue weighted by Gasteiger charge is 2.21. The van der Waals surface area contributed by atoms with Crippen LogP contribution in [-0.4, -0.2) is 23.4 Å². The average molecular weight is 412 g/mol. The highest BCUT2D eigenvalue weighted by Crippen LogP contribution is 2.31. The number of carbonyl (C=O) groups is 2. The van der Waals surface area contributed by atoms with Gasteiger partial charge in [0.25, 0.3) is 5.91 Å². The van der Waals surface area contributed by atoms with E-state index in [9.17, 15) is 9.59 Å². The summed E-state index contributed by atoms with van der Waals surface area (Å²) in [6.45, 7) is 4.02. The number of Topliss-reactive ketones (excluding diaryl/α,β-unsaturated/α-hetero) is 1. The van der Waals surface area contributed by atoms with Gasteiger partial charge in [0.05, 0.1) is 12.6 Å². The number of rotatable bonds is 8. The van der Waals surface area contributed by atoms with Crippen LogP contribution in [0.4, 0.5) is 0 Å². The Kier molecular flexibility index (Phi) is 6.75. The van der Waals surface area contributed by atoms with E-state index in [4.69, 9.17) is 16.3 Å². The van der Waals surface area contributed by atoms with Crippen LogP contribution in [0.15, 0.2) is 42.5 Å². The summed E-state index contributed by atoms with van der Waals surface area (Å²) in [7, 11) is 1.61. The standard InChI is InChI=1S/C24H26ClNO3/c1-4-5-6-7-19(27)14-21-16(2)26(23-13-12-20(29-3)15-22(21)23)24(28)17-8-10-18(25)11-9-17/h8-13,15H,4-7,14H2,1-3H3. The lowest BCUT2D eigenvalue weighted by Gasteiger charge is -2.08. The Bertz CT molecular complexity index is 1030. The molecule has 0 aliphatic rings. The number of halogens is 1. The van der Waals surface area contributed by atoms with Crippen molar-refractivity contribution < 1.29 is 14.3 Å². The molecule has 0 unspecified atom stereocenters. The first-order chi connectivity index (χ1) is 14.0. The van der Waals surface area contributed by atoms with Gasteiger partial charge < -0.3 is 4.74 Å². The highest BCUT2D eigenvalue weighted by atomic mass is 35.5. The fourth-order valence-corrected chi connectivity index (χ4v) is 3.78.